The summed E-state index contributed by atoms with van der Waals surface area (Å²) in [6.07, 6.45) is 0.441. The number of likely N-dealkylation sites (N-methyl/N-ethyl adjacent to an activating group) is 2. The van der Waals surface area contributed by atoms with E-state index < -0.39 is 15.3 Å². The van der Waals surface area contributed by atoms with Crippen LogP contribution in [0, 0.1) is 0 Å². The Morgan fingerprint density at radius 1 is 1.53 bits per heavy atom. The van der Waals surface area contributed by atoms with Gasteiger partial charge in [0.1, 0.15) is 0 Å². The van der Waals surface area contributed by atoms with Gasteiger partial charge in [-0.15, -0.1) is 0 Å². The molecule has 0 aliphatic rings. The Morgan fingerprint density at radius 2 is 2.07 bits per heavy atom. The van der Waals surface area contributed by atoms with Crippen molar-refractivity contribution in [1.29, 1.82) is 0 Å². The maximum Gasteiger partial charge on any atom is 0.235 e. The summed E-state index contributed by atoms with van der Waals surface area (Å²) in [4.78, 5) is 11.0. The van der Waals surface area contributed by atoms with Gasteiger partial charge in [0.2, 0.25) is 15.9 Å². The van der Waals surface area contributed by atoms with Crippen LogP contribution in [0.25, 0.3) is 0 Å². The number of carbonyl (C=O) groups excluding carboxylic acids is 1. The standard InChI is InChI=1S/C8H19N3O3S/c1-4-7(5-9)15(13,14)11(3)6-8(12)10-2/h7H,4-6,9H2,1-3H3,(H,10,12). The van der Waals surface area contributed by atoms with Crippen molar-refractivity contribution >= 4 is 15.9 Å². The first-order valence-corrected chi connectivity index (χ1v) is 6.26. The molecule has 0 aliphatic carbocycles. The molecule has 6 nitrogen and oxygen atoms in total. The van der Waals surface area contributed by atoms with E-state index in [1.807, 2.05) is 0 Å². The van der Waals surface area contributed by atoms with Crippen LogP contribution in [0.4, 0.5) is 0 Å². The van der Waals surface area contributed by atoms with Gasteiger partial charge in [0.25, 0.3) is 0 Å². The number of nitrogens with one attached hydrogen (secondary N) is 1. The highest BCUT2D eigenvalue weighted by atomic mass is 32.2. The second kappa shape index (κ2) is 6.04. The average molecular weight is 237 g/mol. The molecule has 0 heterocycles. The van der Waals surface area contributed by atoms with Gasteiger partial charge in [-0.3, -0.25) is 4.79 Å². The monoisotopic (exact) mass is 237 g/mol. The first kappa shape index (κ1) is 14.3. The molecule has 1 unspecified atom stereocenters. The van der Waals surface area contributed by atoms with Crippen LogP contribution < -0.4 is 11.1 Å². The molecular formula is C8H19N3O3S. The molecule has 0 radical (unpaired) electrons. The minimum absolute atomic E-state index is 0.0664. The smallest absolute Gasteiger partial charge is 0.235 e. The molecule has 0 aromatic heterocycles. The van der Waals surface area contributed by atoms with Crippen LogP contribution in [0.15, 0.2) is 0 Å². The highest BCUT2D eigenvalue weighted by molar-refractivity contribution is 7.89. The third-order valence-corrected chi connectivity index (χ3v) is 4.59. The predicted molar refractivity (Wildman–Crippen MR) is 58.7 cm³/mol. The Labute approximate surface area is 90.9 Å². The number of nitrogens with zero attached hydrogens (tertiary/aromatic N) is 1. The molecule has 0 aromatic rings. The minimum Gasteiger partial charge on any atom is -0.358 e. The fourth-order valence-electron chi connectivity index (χ4n) is 1.12. The number of hydrogen-bond acceptors (Lipinski definition) is 4. The fraction of sp³-hybridized carbons (Fsp3) is 0.875. The van der Waals surface area contributed by atoms with E-state index in [0.29, 0.717) is 6.42 Å². The zero-order chi connectivity index (χ0) is 12.1. The van der Waals surface area contributed by atoms with Crippen LogP contribution in [0.5, 0.6) is 0 Å². The van der Waals surface area contributed by atoms with Crippen molar-refractivity contribution in [3.05, 3.63) is 0 Å². The molecule has 0 bridgehead atoms. The van der Waals surface area contributed by atoms with Gasteiger partial charge < -0.3 is 11.1 Å². The number of carbonyl (C=O) groups is 1. The Kier molecular flexibility index (Phi) is 5.77. The van der Waals surface area contributed by atoms with Gasteiger partial charge in [-0.05, 0) is 6.42 Å². The van der Waals surface area contributed by atoms with Gasteiger partial charge in [0, 0.05) is 20.6 Å². The molecule has 0 aromatic carbocycles. The summed E-state index contributed by atoms with van der Waals surface area (Å²) >= 11 is 0. The van der Waals surface area contributed by atoms with E-state index in [-0.39, 0.29) is 19.0 Å². The molecule has 3 N–H and O–H groups in total. The van der Waals surface area contributed by atoms with Gasteiger partial charge in [0.15, 0.2) is 0 Å². The average Bonchev–Trinajstić information content (AvgIpc) is 2.18. The third kappa shape index (κ3) is 3.77. The normalized spacial score (nSPS) is 13.9. The molecule has 0 aliphatic heterocycles. The van der Waals surface area contributed by atoms with E-state index in [0.717, 1.165) is 4.31 Å². The van der Waals surface area contributed by atoms with E-state index in [1.165, 1.54) is 14.1 Å². The zero-order valence-corrected chi connectivity index (χ0v) is 10.2. The van der Waals surface area contributed by atoms with Crippen molar-refractivity contribution < 1.29 is 13.2 Å². The molecule has 0 spiro atoms. The van der Waals surface area contributed by atoms with Gasteiger partial charge in [-0.25, -0.2) is 8.42 Å². The first-order valence-electron chi connectivity index (χ1n) is 4.75. The van der Waals surface area contributed by atoms with Gasteiger partial charge in [-0.2, -0.15) is 4.31 Å². The topological polar surface area (TPSA) is 92.5 Å². The quantitative estimate of drug-likeness (QED) is 0.602. The van der Waals surface area contributed by atoms with Crippen molar-refractivity contribution in [3.8, 4) is 0 Å². The predicted octanol–water partition coefficient (Wildman–Crippen LogP) is -1.27. The molecule has 1 atom stereocenters. The molecule has 0 saturated carbocycles. The highest BCUT2D eigenvalue weighted by Crippen LogP contribution is 2.09. The second-order valence-electron chi connectivity index (χ2n) is 3.24. The fourth-order valence-corrected chi connectivity index (χ4v) is 2.60. The van der Waals surface area contributed by atoms with Gasteiger partial charge in [0.05, 0.1) is 11.8 Å². The molecule has 15 heavy (non-hydrogen) atoms. The summed E-state index contributed by atoms with van der Waals surface area (Å²) < 4.78 is 24.7. The molecule has 0 rings (SSSR count). The van der Waals surface area contributed by atoms with E-state index in [1.54, 1.807) is 6.92 Å². The van der Waals surface area contributed by atoms with Crippen molar-refractivity contribution in [2.24, 2.45) is 5.73 Å². The van der Waals surface area contributed by atoms with Crippen LogP contribution >= 0.6 is 0 Å². The number of nitrogens with two attached hydrogens (primary N) is 1. The third-order valence-electron chi connectivity index (χ3n) is 2.22. The van der Waals surface area contributed by atoms with E-state index in [2.05, 4.69) is 5.32 Å². The van der Waals surface area contributed by atoms with Crippen LogP contribution in [-0.4, -0.2) is 51.1 Å². The lowest BCUT2D eigenvalue weighted by Crippen LogP contribution is -2.43. The van der Waals surface area contributed by atoms with E-state index >= 15 is 0 Å². The number of amides is 1. The minimum atomic E-state index is -3.46. The summed E-state index contributed by atoms with van der Waals surface area (Å²) in [5.74, 6) is -0.340. The molecule has 0 fully saturated rings. The Hall–Kier alpha value is -0.660. The Balaban J connectivity index is 4.65. The van der Waals surface area contributed by atoms with Crippen LogP contribution in [0.3, 0.4) is 0 Å². The van der Waals surface area contributed by atoms with Crippen LogP contribution in [0.1, 0.15) is 13.3 Å². The SMILES string of the molecule is CCC(CN)S(=O)(=O)N(C)CC(=O)NC. The van der Waals surface area contributed by atoms with Crippen molar-refractivity contribution in [2.45, 2.75) is 18.6 Å². The van der Waals surface area contributed by atoms with Gasteiger partial charge in [-0.1, -0.05) is 6.92 Å². The lowest BCUT2D eigenvalue weighted by atomic mass is 10.3. The van der Waals surface area contributed by atoms with Crippen molar-refractivity contribution in [1.82, 2.24) is 9.62 Å². The number of hydrogen-bond donors (Lipinski definition) is 2. The van der Waals surface area contributed by atoms with Crippen LogP contribution in [-0.2, 0) is 14.8 Å². The Bertz CT molecular complexity index is 298. The maximum atomic E-state index is 11.8. The van der Waals surface area contributed by atoms with Gasteiger partial charge >= 0.3 is 0 Å². The van der Waals surface area contributed by atoms with E-state index in [9.17, 15) is 13.2 Å². The number of rotatable bonds is 6. The van der Waals surface area contributed by atoms with Crippen LogP contribution in [0.2, 0.25) is 0 Å². The van der Waals surface area contributed by atoms with Crippen molar-refractivity contribution in [3.63, 3.8) is 0 Å². The lowest BCUT2D eigenvalue weighted by Gasteiger charge is -2.21. The zero-order valence-electron chi connectivity index (χ0n) is 9.36. The lowest BCUT2D eigenvalue weighted by molar-refractivity contribution is -0.120. The summed E-state index contributed by atoms with van der Waals surface area (Å²) in [7, 11) is -0.620. The second-order valence-corrected chi connectivity index (χ2v) is 5.56. The summed E-state index contributed by atoms with van der Waals surface area (Å²) in [5, 5.41) is 1.75. The summed E-state index contributed by atoms with van der Waals surface area (Å²) in [5.41, 5.74) is 5.36. The van der Waals surface area contributed by atoms with E-state index in [4.69, 9.17) is 5.73 Å². The largest absolute Gasteiger partial charge is 0.358 e. The molecule has 0 saturated heterocycles. The maximum absolute atomic E-state index is 11.8. The van der Waals surface area contributed by atoms with Crippen molar-refractivity contribution in [2.75, 3.05) is 27.2 Å². The summed E-state index contributed by atoms with van der Waals surface area (Å²) in [6, 6.07) is 0. The molecule has 1 amide bonds. The molecule has 7 heteroatoms. The first-order chi connectivity index (χ1) is 6.89. The molecule has 90 valence electrons. The number of sulfonamides is 1. The molecular weight excluding hydrogens is 218 g/mol. The Morgan fingerprint density at radius 3 is 2.40 bits per heavy atom. The summed E-state index contributed by atoms with van der Waals surface area (Å²) in [6.45, 7) is 1.65. The highest BCUT2D eigenvalue weighted by Gasteiger charge is 2.28.